The molecule has 7 heteroatoms. The summed E-state index contributed by atoms with van der Waals surface area (Å²) in [4.78, 5) is 16.4. The van der Waals surface area contributed by atoms with Gasteiger partial charge in [-0.15, -0.1) is 0 Å². The van der Waals surface area contributed by atoms with Crippen LogP contribution in [0.3, 0.4) is 0 Å². The normalized spacial score (nSPS) is 16.0. The van der Waals surface area contributed by atoms with Gasteiger partial charge in [-0.2, -0.15) is 0 Å². The molecule has 3 rings (SSSR count). The van der Waals surface area contributed by atoms with Gasteiger partial charge in [-0.25, -0.2) is 12.7 Å². The Labute approximate surface area is 122 Å². The van der Waals surface area contributed by atoms with E-state index in [2.05, 4.69) is 4.98 Å². The number of pyridine rings is 1. The average Bonchev–Trinajstić information content (AvgIpc) is 2.69. The van der Waals surface area contributed by atoms with E-state index in [0.29, 0.717) is 11.3 Å². The maximum atomic E-state index is 12.4. The van der Waals surface area contributed by atoms with Crippen molar-refractivity contribution in [2.45, 2.75) is 18.0 Å². The molecule has 21 heavy (non-hydrogen) atoms. The number of sulfonamides is 1. The first-order valence-electron chi connectivity index (χ1n) is 6.34. The van der Waals surface area contributed by atoms with Crippen LogP contribution in [-0.2, 0) is 23.1 Å². The van der Waals surface area contributed by atoms with Crippen molar-refractivity contribution in [1.82, 2.24) is 9.29 Å². The van der Waals surface area contributed by atoms with Gasteiger partial charge in [0.05, 0.1) is 17.8 Å². The Kier molecular flexibility index (Phi) is 3.23. The first-order valence-corrected chi connectivity index (χ1v) is 7.78. The lowest BCUT2D eigenvalue weighted by Crippen LogP contribution is -2.29. The molecule has 108 valence electrons. The summed E-state index contributed by atoms with van der Waals surface area (Å²) in [6, 6.07) is 9.59. The number of nitrogens with zero attached hydrogens (tertiary/aromatic N) is 2. The Morgan fingerprint density at radius 3 is 2.67 bits per heavy atom. The van der Waals surface area contributed by atoms with Crippen molar-refractivity contribution in [2.75, 3.05) is 0 Å². The molecule has 0 unspecified atom stereocenters. The number of amides is 1. The highest BCUT2D eigenvalue weighted by atomic mass is 32.2. The van der Waals surface area contributed by atoms with Crippen LogP contribution < -0.4 is 5.73 Å². The van der Waals surface area contributed by atoms with Crippen molar-refractivity contribution in [1.29, 1.82) is 0 Å². The monoisotopic (exact) mass is 303 g/mol. The number of carbonyl (C=O) groups is 1. The van der Waals surface area contributed by atoms with Crippen molar-refractivity contribution in [2.24, 2.45) is 5.73 Å². The molecule has 2 aromatic rings. The van der Waals surface area contributed by atoms with Crippen LogP contribution in [0.2, 0.25) is 0 Å². The van der Waals surface area contributed by atoms with Crippen LogP contribution in [-0.4, -0.2) is 23.6 Å². The molecule has 6 nitrogen and oxygen atoms in total. The average molecular weight is 303 g/mol. The molecule has 0 spiro atoms. The standard InChI is InChI=1S/C14H13N3O3S/c15-8-11-7-10(5-6-16-11)9-17-14(18)12-3-1-2-4-13(12)21(17,19)20/h1-7H,8-9,15H2. The van der Waals surface area contributed by atoms with E-state index < -0.39 is 15.9 Å². The van der Waals surface area contributed by atoms with Crippen molar-refractivity contribution < 1.29 is 13.2 Å². The molecule has 0 bridgehead atoms. The maximum absolute atomic E-state index is 12.4. The molecular formula is C14H13N3O3S. The second kappa shape index (κ2) is 4.94. The zero-order valence-electron chi connectivity index (χ0n) is 11.1. The molecule has 0 aliphatic carbocycles. The smallest absolute Gasteiger partial charge is 0.269 e. The second-order valence-corrected chi connectivity index (χ2v) is 6.50. The number of carbonyl (C=O) groups excluding carboxylic acids is 1. The fourth-order valence-corrected chi connectivity index (χ4v) is 3.85. The van der Waals surface area contributed by atoms with Gasteiger partial charge in [0.15, 0.2) is 0 Å². The van der Waals surface area contributed by atoms with Gasteiger partial charge in [-0.3, -0.25) is 9.78 Å². The Morgan fingerprint density at radius 1 is 1.19 bits per heavy atom. The first-order chi connectivity index (χ1) is 10.0. The molecule has 1 amide bonds. The number of aromatic nitrogens is 1. The fourth-order valence-electron chi connectivity index (χ4n) is 2.29. The number of fused-ring (bicyclic) bond motifs is 1. The summed E-state index contributed by atoms with van der Waals surface area (Å²) in [5.41, 5.74) is 7.05. The molecule has 2 N–H and O–H groups in total. The van der Waals surface area contributed by atoms with Crippen LogP contribution in [0, 0.1) is 0 Å². The quantitative estimate of drug-likeness (QED) is 0.908. The molecule has 1 aromatic carbocycles. The summed E-state index contributed by atoms with van der Waals surface area (Å²) in [6.07, 6.45) is 1.55. The zero-order valence-corrected chi connectivity index (χ0v) is 11.9. The fraction of sp³-hybridized carbons (Fsp3) is 0.143. The van der Waals surface area contributed by atoms with Gasteiger partial charge in [0.25, 0.3) is 15.9 Å². The van der Waals surface area contributed by atoms with Crippen LogP contribution >= 0.6 is 0 Å². The molecule has 0 saturated heterocycles. The van der Waals surface area contributed by atoms with E-state index in [-0.39, 0.29) is 23.5 Å². The largest absolute Gasteiger partial charge is 0.325 e. The van der Waals surface area contributed by atoms with Crippen molar-refractivity contribution in [3.8, 4) is 0 Å². The molecule has 2 heterocycles. The topological polar surface area (TPSA) is 93.4 Å². The first kappa shape index (κ1) is 13.7. The van der Waals surface area contributed by atoms with E-state index in [1.165, 1.54) is 12.1 Å². The van der Waals surface area contributed by atoms with E-state index >= 15 is 0 Å². The predicted octanol–water partition coefficient (Wildman–Crippen LogP) is 0.885. The zero-order chi connectivity index (χ0) is 15.0. The number of hydrogen-bond acceptors (Lipinski definition) is 5. The summed E-state index contributed by atoms with van der Waals surface area (Å²) >= 11 is 0. The third-order valence-electron chi connectivity index (χ3n) is 3.33. The van der Waals surface area contributed by atoms with Crippen LogP contribution in [0.4, 0.5) is 0 Å². The minimum atomic E-state index is -3.78. The lowest BCUT2D eigenvalue weighted by Gasteiger charge is -2.15. The molecule has 1 aromatic heterocycles. The van der Waals surface area contributed by atoms with Gasteiger partial charge in [-0.1, -0.05) is 12.1 Å². The molecular weight excluding hydrogens is 290 g/mol. The number of rotatable bonds is 3. The Balaban J connectivity index is 1.99. The number of benzene rings is 1. The van der Waals surface area contributed by atoms with Crippen LogP contribution in [0.25, 0.3) is 0 Å². The summed E-state index contributed by atoms with van der Waals surface area (Å²) in [7, 11) is -3.78. The second-order valence-electron chi connectivity index (χ2n) is 4.67. The van der Waals surface area contributed by atoms with Gasteiger partial charge in [0, 0.05) is 12.7 Å². The minimum Gasteiger partial charge on any atom is -0.325 e. The summed E-state index contributed by atoms with van der Waals surface area (Å²) < 4.78 is 25.7. The van der Waals surface area contributed by atoms with E-state index in [9.17, 15) is 13.2 Å². The highest BCUT2D eigenvalue weighted by molar-refractivity contribution is 7.90. The third-order valence-corrected chi connectivity index (χ3v) is 5.12. The van der Waals surface area contributed by atoms with Gasteiger partial charge in [0.2, 0.25) is 0 Å². The lowest BCUT2D eigenvalue weighted by atomic mass is 10.2. The molecule has 0 radical (unpaired) electrons. The predicted molar refractivity (Wildman–Crippen MR) is 75.6 cm³/mol. The number of hydrogen-bond donors (Lipinski definition) is 1. The Bertz CT molecular complexity index is 818. The molecule has 0 fully saturated rings. The van der Waals surface area contributed by atoms with Crippen LogP contribution in [0.1, 0.15) is 21.6 Å². The van der Waals surface area contributed by atoms with Gasteiger partial charge < -0.3 is 5.73 Å². The summed E-state index contributed by atoms with van der Waals surface area (Å²) in [5, 5.41) is 0. The van der Waals surface area contributed by atoms with Gasteiger partial charge in [-0.05, 0) is 29.8 Å². The Hall–Kier alpha value is -2.25. The summed E-state index contributed by atoms with van der Waals surface area (Å²) in [5.74, 6) is -0.503. The number of nitrogens with two attached hydrogens (primary N) is 1. The summed E-state index contributed by atoms with van der Waals surface area (Å²) in [6.45, 7) is 0.236. The third kappa shape index (κ3) is 2.20. The van der Waals surface area contributed by atoms with E-state index in [1.807, 2.05) is 0 Å². The van der Waals surface area contributed by atoms with Crippen LogP contribution in [0.5, 0.6) is 0 Å². The molecule has 0 saturated carbocycles. The van der Waals surface area contributed by atoms with E-state index in [4.69, 9.17) is 5.73 Å². The molecule has 0 atom stereocenters. The highest BCUT2D eigenvalue weighted by Crippen LogP contribution is 2.31. The van der Waals surface area contributed by atoms with Crippen molar-refractivity contribution in [3.63, 3.8) is 0 Å². The van der Waals surface area contributed by atoms with E-state index in [0.717, 1.165) is 4.31 Å². The highest BCUT2D eigenvalue weighted by Gasteiger charge is 2.40. The van der Waals surface area contributed by atoms with Gasteiger partial charge >= 0.3 is 0 Å². The molecule has 1 aliphatic rings. The van der Waals surface area contributed by atoms with Crippen molar-refractivity contribution in [3.05, 3.63) is 59.4 Å². The minimum absolute atomic E-state index is 0.0225. The van der Waals surface area contributed by atoms with Gasteiger partial charge in [0.1, 0.15) is 4.90 Å². The van der Waals surface area contributed by atoms with E-state index in [1.54, 1.807) is 30.5 Å². The van der Waals surface area contributed by atoms with Crippen molar-refractivity contribution >= 4 is 15.9 Å². The molecule has 1 aliphatic heterocycles. The van der Waals surface area contributed by atoms with Crippen LogP contribution in [0.15, 0.2) is 47.5 Å². The lowest BCUT2D eigenvalue weighted by molar-refractivity contribution is 0.0865. The SMILES string of the molecule is NCc1cc(CN2C(=O)c3ccccc3S2(=O)=O)ccn1. The Morgan fingerprint density at radius 2 is 1.95 bits per heavy atom. The maximum Gasteiger partial charge on any atom is 0.269 e.